The third-order valence-corrected chi connectivity index (χ3v) is 7.22. The summed E-state index contributed by atoms with van der Waals surface area (Å²) >= 11 is 0. The molecule has 1 aliphatic carbocycles. The molecule has 6 rings (SSSR count). The molecule has 37 heavy (non-hydrogen) atoms. The summed E-state index contributed by atoms with van der Waals surface area (Å²) in [7, 11) is 1.37. The Labute approximate surface area is 210 Å². The molecule has 0 bridgehead atoms. The number of methoxy groups -OCH3 is 1. The van der Waals surface area contributed by atoms with Crippen molar-refractivity contribution in [2.75, 3.05) is 25.8 Å². The molecule has 1 fully saturated rings. The van der Waals surface area contributed by atoms with Gasteiger partial charge in [0.2, 0.25) is 12.5 Å². The smallest absolute Gasteiger partial charge is 0.310 e. The van der Waals surface area contributed by atoms with Crippen LogP contribution in [0.3, 0.4) is 0 Å². The maximum absolute atomic E-state index is 13.1. The van der Waals surface area contributed by atoms with Crippen molar-refractivity contribution in [3.8, 4) is 28.7 Å². The molecule has 2 aliphatic heterocycles. The molecule has 4 atom stereocenters. The number of nitrogens with zero attached hydrogens (tertiary/aromatic N) is 1. The molecule has 0 unspecified atom stereocenters. The summed E-state index contributed by atoms with van der Waals surface area (Å²) in [6.07, 6.45) is 0. The predicted molar refractivity (Wildman–Crippen MR) is 128 cm³/mol. The Bertz CT molecular complexity index is 1440. The number of phenols is 2. The normalized spacial score (nSPS) is 23.1. The van der Waals surface area contributed by atoms with Crippen LogP contribution < -0.4 is 19.5 Å². The van der Waals surface area contributed by atoms with Gasteiger partial charge in [-0.15, -0.1) is 0 Å². The lowest BCUT2D eigenvalue weighted by molar-refractivity contribution is -0.384. The standard InChI is InChI=1S/C26H22N2O9/c1-34-21-6-12(5-18(29)25(21)30)22-15-8-19-20(37-11-36-19)9-16(15)24(17-10-35-26(31)23(17)22)27-13-3-2-4-14(7-13)28(32)33/h2-9,17,22-24,27,29-30H,10-11H2,1H3/t17-,22+,23-,24-/m0/s1. The van der Waals surface area contributed by atoms with E-state index in [0.717, 1.165) is 11.1 Å². The van der Waals surface area contributed by atoms with E-state index in [-0.39, 0.29) is 36.5 Å². The Balaban J connectivity index is 1.53. The zero-order valence-corrected chi connectivity index (χ0v) is 19.5. The van der Waals surface area contributed by atoms with Gasteiger partial charge < -0.3 is 34.5 Å². The van der Waals surface area contributed by atoms with Crippen LogP contribution in [0.1, 0.15) is 28.7 Å². The molecule has 2 heterocycles. The summed E-state index contributed by atoms with van der Waals surface area (Å²) in [5.41, 5.74) is 2.54. The summed E-state index contributed by atoms with van der Waals surface area (Å²) in [5, 5.41) is 35.3. The molecule has 0 spiro atoms. The van der Waals surface area contributed by atoms with Gasteiger partial charge in [0.1, 0.15) is 0 Å². The van der Waals surface area contributed by atoms with E-state index in [9.17, 15) is 25.1 Å². The Kier molecular flexibility index (Phi) is 5.21. The highest BCUT2D eigenvalue weighted by molar-refractivity contribution is 5.79. The fraction of sp³-hybridized carbons (Fsp3) is 0.269. The zero-order valence-electron chi connectivity index (χ0n) is 19.5. The third kappa shape index (κ3) is 3.62. The number of anilines is 1. The minimum atomic E-state index is -0.655. The molecule has 3 N–H and O–H groups in total. The number of carbonyl (C=O) groups is 1. The lowest BCUT2D eigenvalue weighted by Gasteiger charge is -2.40. The molecule has 11 nitrogen and oxygen atoms in total. The van der Waals surface area contributed by atoms with Crippen molar-refractivity contribution in [3.05, 3.63) is 75.3 Å². The van der Waals surface area contributed by atoms with E-state index < -0.39 is 34.5 Å². The second kappa shape index (κ2) is 8.47. The topological polar surface area (TPSA) is 150 Å². The van der Waals surface area contributed by atoms with Crippen molar-refractivity contribution in [3.63, 3.8) is 0 Å². The number of aromatic hydroxyl groups is 2. The number of ether oxygens (including phenoxy) is 4. The molecule has 11 heteroatoms. The van der Waals surface area contributed by atoms with Gasteiger partial charge in [-0.3, -0.25) is 14.9 Å². The van der Waals surface area contributed by atoms with Crippen LogP contribution in [0.2, 0.25) is 0 Å². The molecule has 0 saturated carbocycles. The number of fused-ring (bicyclic) bond motifs is 3. The second-order valence-corrected chi connectivity index (χ2v) is 9.15. The highest BCUT2D eigenvalue weighted by Gasteiger charge is 2.52. The van der Waals surface area contributed by atoms with E-state index in [1.165, 1.54) is 25.3 Å². The van der Waals surface area contributed by atoms with E-state index in [4.69, 9.17) is 18.9 Å². The number of nitrogens with one attached hydrogen (secondary N) is 1. The van der Waals surface area contributed by atoms with Crippen LogP contribution in [0.4, 0.5) is 11.4 Å². The first-order valence-corrected chi connectivity index (χ1v) is 11.6. The fourth-order valence-electron chi connectivity index (χ4n) is 5.59. The number of hydrogen-bond donors (Lipinski definition) is 3. The molecule has 0 aromatic heterocycles. The van der Waals surface area contributed by atoms with Gasteiger partial charge in [0.25, 0.3) is 5.69 Å². The molecular formula is C26H22N2O9. The van der Waals surface area contributed by atoms with Gasteiger partial charge in [-0.2, -0.15) is 0 Å². The van der Waals surface area contributed by atoms with Crippen LogP contribution in [0, 0.1) is 22.0 Å². The Morgan fingerprint density at radius 3 is 2.54 bits per heavy atom. The van der Waals surface area contributed by atoms with E-state index in [2.05, 4.69) is 5.32 Å². The number of hydrogen-bond acceptors (Lipinski definition) is 10. The van der Waals surface area contributed by atoms with Gasteiger partial charge >= 0.3 is 5.97 Å². The van der Waals surface area contributed by atoms with Gasteiger partial charge in [-0.05, 0) is 47.0 Å². The fourth-order valence-corrected chi connectivity index (χ4v) is 5.59. The average molecular weight is 506 g/mol. The number of nitro benzene ring substituents is 1. The van der Waals surface area contributed by atoms with Crippen molar-refractivity contribution >= 4 is 17.3 Å². The van der Waals surface area contributed by atoms with E-state index in [1.807, 2.05) is 12.1 Å². The Morgan fingerprint density at radius 1 is 1.05 bits per heavy atom. The summed E-state index contributed by atoms with van der Waals surface area (Å²) in [6, 6.07) is 12.4. The van der Waals surface area contributed by atoms with E-state index >= 15 is 0 Å². The summed E-state index contributed by atoms with van der Waals surface area (Å²) < 4.78 is 22.0. The molecule has 3 aromatic rings. The summed E-state index contributed by atoms with van der Waals surface area (Å²) in [5.74, 6) is -1.64. The SMILES string of the molecule is COc1cc([C@@H]2c3cc4c(cc3[C@H](Nc3cccc([N+](=O)[O-])c3)[C@H]3COC(=O)[C@H]23)OCO4)cc(O)c1O. The van der Waals surface area contributed by atoms with Gasteiger partial charge in [0.15, 0.2) is 23.0 Å². The molecule has 0 radical (unpaired) electrons. The number of carbonyl (C=O) groups excluding carboxylic acids is 1. The number of cyclic esters (lactones) is 1. The van der Waals surface area contributed by atoms with Crippen molar-refractivity contribution in [2.24, 2.45) is 11.8 Å². The van der Waals surface area contributed by atoms with Crippen molar-refractivity contribution in [1.82, 2.24) is 0 Å². The Morgan fingerprint density at radius 2 is 1.81 bits per heavy atom. The number of rotatable bonds is 5. The van der Waals surface area contributed by atoms with Gasteiger partial charge in [-0.25, -0.2) is 0 Å². The van der Waals surface area contributed by atoms with E-state index in [1.54, 1.807) is 18.2 Å². The number of phenolic OH excluding ortho intramolecular Hbond substituents is 2. The largest absolute Gasteiger partial charge is 0.504 e. The Hall–Kier alpha value is -4.67. The van der Waals surface area contributed by atoms with Crippen LogP contribution in [0.5, 0.6) is 28.7 Å². The first kappa shape index (κ1) is 22.8. The van der Waals surface area contributed by atoms with Crippen LogP contribution in [0.15, 0.2) is 48.5 Å². The first-order chi connectivity index (χ1) is 17.9. The van der Waals surface area contributed by atoms with Crippen LogP contribution >= 0.6 is 0 Å². The number of non-ortho nitro benzene ring substituents is 1. The van der Waals surface area contributed by atoms with E-state index in [0.29, 0.717) is 22.7 Å². The lowest BCUT2D eigenvalue weighted by Crippen LogP contribution is -2.37. The minimum Gasteiger partial charge on any atom is -0.504 e. The second-order valence-electron chi connectivity index (χ2n) is 9.15. The summed E-state index contributed by atoms with van der Waals surface area (Å²) in [4.78, 5) is 24.0. The summed E-state index contributed by atoms with van der Waals surface area (Å²) in [6.45, 7) is 0.177. The zero-order chi connectivity index (χ0) is 25.8. The molecular weight excluding hydrogens is 484 g/mol. The molecule has 1 saturated heterocycles. The molecule has 0 amide bonds. The monoisotopic (exact) mass is 506 g/mol. The number of nitro groups is 1. The van der Waals surface area contributed by atoms with Gasteiger partial charge in [-0.1, -0.05) is 6.07 Å². The first-order valence-electron chi connectivity index (χ1n) is 11.6. The van der Waals surface area contributed by atoms with Gasteiger partial charge in [0, 0.05) is 29.7 Å². The average Bonchev–Trinajstić information content (AvgIpc) is 3.51. The highest BCUT2D eigenvalue weighted by atomic mass is 16.7. The molecule has 190 valence electrons. The van der Waals surface area contributed by atoms with Crippen LogP contribution in [-0.2, 0) is 9.53 Å². The van der Waals surface area contributed by atoms with Crippen LogP contribution in [0.25, 0.3) is 0 Å². The predicted octanol–water partition coefficient (Wildman–Crippen LogP) is 3.83. The molecule has 3 aliphatic rings. The maximum atomic E-state index is 13.1. The third-order valence-electron chi connectivity index (χ3n) is 7.22. The molecule has 3 aromatic carbocycles. The van der Waals surface area contributed by atoms with Crippen molar-refractivity contribution in [1.29, 1.82) is 0 Å². The van der Waals surface area contributed by atoms with Crippen molar-refractivity contribution < 1.29 is 38.9 Å². The number of esters is 1. The number of benzene rings is 3. The van der Waals surface area contributed by atoms with Crippen molar-refractivity contribution in [2.45, 2.75) is 12.0 Å². The lowest BCUT2D eigenvalue weighted by atomic mass is 9.65. The minimum absolute atomic E-state index is 0.0502. The van der Waals surface area contributed by atoms with Gasteiger partial charge in [0.05, 0.1) is 30.6 Å². The highest BCUT2D eigenvalue weighted by Crippen LogP contribution is 2.56. The maximum Gasteiger partial charge on any atom is 0.310 e. The quantitative estimate of drug-likeness (QED) is 0.202. The van der Waals surface area contributed by atoms with Crippen LogP contribution in [-0.4, -0.2) is 41.6 Å².